The molecule has 0 radical (unpaired) electrons. The summed E-state index contributed by atoms with van der Waals surface area (Å²) in [5.74, 6) is -0.914. The van der Waals surface area contributed by atoms with E-state index in [1.807, 2.05) is 6.92 Å². The standard InChI is InChI=1S/C8H9NO2S/c1-2-3-6(8(10)11)7-4-12-5-9-7/h3-5H,2H2,1H3,(H,10,11). The molecule has 3 nitrogen and oxygen atoms in total. The Labute approximate surface area is 74.4 Å². The molecule has 0 aromatic carbocycles. The van der Waals surface area contributed by atoms with Crippen LogP contribution in [0.1, 0.15) is 19.0 Å². The maximum atomic E-state index is 10.7. The number of nitrogens with zero attached hydrogens (tertiary/aromatic N) is 1. The smallest absolute Gasteiger partial charge is 0.337 e. The predicted octanol–water partition coefficient (Wildman–Crippen LogP) is 2.02. The highest BCUT2D eigenvalue weighted by atomic mass is 32.1. The summed E-state index contributed by atoms with van der Waals surface area (Å²) in [7, 11) is 0. The first-order valence-electron chi connectivity index (χ1n) is 3.57. The number of aliphatic carboxylic acids is 1. The van der Waals surface area contributed by atoms with E-state index in [9.17, 15) is 4.79 Å². The van der Waals surface area contributed by atoms with Gasteiger partial charge in [0.2, 0.25) is 0 Å². The van der Waals surface area contributed by atoms with Crippen LogP contribution in [0.5, 0.6) is 0 Å². The molecule has 0 aliphatic rings. The van der Waals surface area contributed by atoms with E-state index >= 15 is 0 Å². The molecule has 0 amide bonds. The summed E-state index contributed by atoms with van der Waals surface area (Å²) in [5, 5.41) is 10.5. The Kier molecular flexibility index (Phi) is 2.99. The molecule has 0 saturated carbocycles. The van der Waals surface area contributed by atoms with Gasteiger partial charge in [-0.05, 0) is 6.42 Å². The van der Waals surface area contributed by atoms with Crippen molar-refractivity contribution in [2.45, 2.75) is 13.3 Å². The summed E-state index contributed by atoms with van der Waals surface area (Å²) in [5.41, 5.74) is 2.47. The first-order chi connectivity index (χ1) is 5.75. The number of carboxylic acids is 1. The Balaban J connectivity index is 2.96. The molecule has 0 fully saturated rings. The maximum Gasteiger partial charge on any atom is 0.337 e. The highest BCUT2D eigenvalue weighted by Gasteiger charge is 2.10. The second kappa shape index (κ2) is 4.01. The lowest BCUT2D eigenvalue weighted by molar-refractivity contribution is -0.130. The second-order valence-electron chi connectivity index (χ2n) is 2.20. The van der Waals surface area contributed by atoms with Gasteiger partial charge in [-0.15, -0.1) is 11.3 Å². The highest BCUT2D eigenvalue weighted by molar-refractivity contribution is 7.07. The molecule has 1 rings (SSSR count). The van der Waals surface area contributed by atoms with E-state index in [1.54, 1.807) is 17.0 Å². The van der Waals surface area contributed by atoms with Crippen LogP contribution < -0.4 is 0 Å². The molecule has 1 aromatic heterocycles. The van der Waals surface area contributed by atoms with Crippen LogP contribution in [0.3, 0.4) is 0 Å². The summed E-state index contributed by atoms with van der Waals surface area (Å²) in [6, 6.07) is 0. The van der Waals surface area contributed by atoms with Crippen molar-refractivity contribution in [3.05, 3.63) is 22.7 Å². The molecule has 12 heavy (non-hydrogen) atoms. The van der Waals surface area contributed by atoms with Gasteiger partial charge in [0, 0.05) is 5.38 Å². The molecule has 0 saturated heterocycles. The van der Waals surface area contributed by atoms with Crippen molar-refractivity contribution in [2.24, 2.45) is 0 Å². The van der Waals surface area contributed by atoms with Gasteiger partial charge in [-0.1, -0.05) is 13.0 Å². The Morgan fingerprint density at radius 3 is 3.00 bits per heavy atom. The number of carboxylic acid groups (broad SMARTS) is 1. The molecule has 0 aliphatic heterocycles. The molecule has 1 aromatic rings. The second-order valence-corrected chi connectivity index (χ2v) is 2.92. The zero-order chi connectivity index (χ0) is 8.97. The van der Waals surface area contributed by atoms with Crippen LogP contribution in [0.2, 0.25) is 0 Å². The van der Waals surface area contributed by atoms with Crippen LogP contribution in [0.15, 0.2) is 17.0 Å². The van der Waals surface area contributed by atoms with Crippen molar-refractivity contribution >= 4 is 22.9 Å². The molecule has 0 unspecified atom stereocenters. The topological polar surface area (TPSA) is 50.2 Å². The number of rotatable bonds is 3. The van der Waals surface area contributed by atoms with Crippen LogP contribution >= 0.6 is 11.3 Å². The minimum atomic E-state index is -0.914. The zero-order valence-corrected chi connectivity index (χ0v) is 7.47. The van der Waals surface area contributed by atoms with Gasteiger partial charge in [0.15, 0.2) is 0 Å². The van der Waals surface area contributed by atoms with E-state index in [4.69, 9.17) is 5.11 Å². The molecule has 0 atom stereocenters. The average Bonchev–Trinajstić information content (AvgIpc) is 2.51. The molecular formula is C8H9NO2S. The molecule has 0 aliphatic carbocycles. The predicted molar refractivity (Wildman–Crippen MR) is 48.0 cm³/mol. The first kappa shape index (κ1) is 8.93. The van der Waals surface area contributed by atoms with E-state index in [2.05, 4.69) is 4.98 Å². The summed E-state index contributed by atoms with van der Waals surface area (Å²) >= 11 is 1.40. The molecule has 4 heteroatoms. The lowest BCUT2D eigenvalue weighted by Gasteiger charge is -1.95. The molecule has 64 valence electrons. The quantitative estimate of drug-likeness (QED) is 0.729. The lowest BCUT2D eigenvalue weighted by atomic mass is 10.2. The third-order valence-corrected chi connectivity index (χ3v) is 1.93. The first-order valence-corrected chi connectivity index (χ1v) is 4.52. The minimum absolute atomic E-state index is 0.291. The van der Waals surface area contributed by atoms with Gasteiger partial charge in [0.25, 0.3) is 0 Å². The third kappa shape index (κ3) is 1.92. The molecule has 1 N–H and O–H groups in total. The Hall–Kier alpha value is -1.16. The highest BCUT2D eigenvalue weighted by Crippen LogP contribution is 2.14. The summed E-state index contributed by atoms with van der Waals surface area (Å²) in [6.45, 7) is 1.90. The lowest BCUT2D eigenvalue weighted by Crippen LogP contribution is -1.99. The Bertz CT molecular complexity index is 290. The summed E-state index contributed by atoms with van der Waals surface area (Å²) < 4.78 is 0. The average molecular weight is 183 g/mol. The van der Waals surface area contributed by atoms with Crippen molar-refractivity contribution in [1.82, 2.24) is 4.98 Å². The van der Waals surface area contributed by atoms with E-state index in [0.29, 0.717) is 17.7 Å². The number of allylic oxidation sites excluding steroid dienone is 1. The summed E-state index contributed by atoms with van der Waals surface area (Å²) in [6.07, 6.45) is 2.37. The van der Waals surface area contributed by atoms with Crippen LogP contribution in [-0.2, 0) is 4.79 Å². The normalized spacial score (nSPS) is 11.6. The van der Waals surface area contributed by atoms with Crippen molar-refractivity contribution in [3.8, 4) is 0 Å². The number of hydrogen-bond donors (Lipinski definition) is 1. The van der Waals surface area contributed by atoms with Gasteiger partial charge in [-0.2, -0.15) is 0 Å². The van der Waals surface area contributed by atoms with Gasteiger partial charge < -0.3 is 5.11 Å². The summed E-state index contributed by atoms with van der Waals surface area (Å²) in [4.78, 5) is 14.6. The Morgan fingerprint density at radius 2 is 2.58 bits per heavy atom. The SMILES string of the molecule is CCC=C(C(=O)O)c1cscn1. The molecule has 1 heterocycles. The molecule has 0 spiro atoms. The minimum Gasteiger partial charge on any atom is -0.478 e. The van der Waals surface area contributed by atoms with Crippen LogP contribution in [0.25, 0.3) is 5.57 Å². The van der Waals surface area contributed by atoms with E-state index in [-0.39, 0.29) is 0 Å². The van der Waals surface area contributed by atoms with Gasteiger partial charge in [-0.25, -0.2) is 9.78 Å². The van der Waals surface area contributed by atoms with Gasteiger partial charge in [-0.3, -0.25) is 0 Å². The van der Waals surface area contributed by atoms with E-state index in [0.717, 1.165) is 0 Å². The largest absolute Gasteiger partial charge is 0.478 e. The number of carbonyl (C=O) groups is 1. The fourth-order valence-corrected chi connectivity index (χ4v) is 1.40. The van der Waals surface area contributed by atoms with E-state index < -0.39 is 5.97 Å². The van der Waals surface area contributed by atoms with Crippen LogP contribution in [0.4, 0.5) is 0 Å². The Morgan fingerprint density at radius 1 is 1.83 bits per heavy atom. The van der Waals surface area contributed by atoms with Crippen molar-refractivity contribution in [2.75, 3.05) is 0 Å². The number of hydrogen-bond acceptors (Lipinski definition) is 3. The molecular weight excluding hydrogens is 174 g/mol. The van der Waals surface area contributed by atoms with Gasteiger partial charge in [0.05, 0.1) is 16.8 Å². The van der Waals surface area contributed by atoms with Crippen molar-refractivity contribution < 1.29 is 9.90 Å². The fourth-order valence-electron chi connectivity index (χ4n) is 0.851. The zero-order valence-electron chi connectivity index (χ0n) is 6.65. The molecule has 0 bridgehead atoms. The van der Waals surface area contributed by atoms with E-state index in [1.165, 1.54) is 11.3 Å². The van der Waals surface area contributed by atoms with Crippen LogP contribution in [-0.4, -0.2) is 16.1 Å². The monoisotopic (exact) mass is 183 g/mol. The van der Waals surface area contributed by atoms with Crippen LogP contribution in [0, 0.1) is 0 Å². The van der Waals surface area contributed by atoms with Gasteiger partial charge >= 0.3 is 5.97 Å². The van der Waals surface area contributed by atoms with Crippen molar-refractivity contribution in [1.29, 1.82) is 0 Å². The van der Waals surface area contributed by atoms with Gasteiger partial charge in [0.1, 0.15) is 0 Å². The number of thiazole rings is 1. The fraction of sp³-hybridized carbons (Fsp3) is 0.250. The van der Waals surface area contributed by atoms with Crippen molar-refractivity contribution in [3.63, 3.8) is 0 Å². The maximum absolute atomic E-state index is 10.7. The number of aromatic nitrogens is 1. The third-order valence-electron chi connectivity index (χ3n) is 1.35.